The van der Waals surface area contributed by atoms with Gasteiger partial charge in [-0.2, -0.15) is 5.10 Å². The van der Waals surface area contributed by atoms with E-state index in [1.54, 1.807) is 11.7 Å². The molecule has 2 bridgehead atoms. The highest BCUT2D eigenvalue weighted by atomic mass is 16.2. The first-order valence-electron chi connectivity index (χ1n) is 7.73. The van der Waals surface area contributed by atoms with E-state index < -0.39 is 11.8 Å². The summed E-state index contributed by atoms with van der Waals surface area (Å²) < 4.78 is 1.68. The van der Waals surface area contributed by atoms with Crippen molar-refractivity contribution in [1.29, 1.82) is 0 Å². The van der Waals surface area contributed by atoms with E-state index in [4.69, 9.17) is 0 Å². The van der Waals surface area contributed by atoms with Crippen LogP contribution in [0.5, 0.6) is 0 Å². The van der Waals surface area contributed by atoms with Gasteiger partial charge in [-0.25, -0.2) is 0 Å². The molecule has 0 unspecified atom stereocenters. The van der Waals surface area contributed by atoms with Gasteiger partial charge in [-0.3, -0.25) is 14.3 Å². The van der Waals surface area contributed by atoms with Gasteiger partial charge in [0.15, 0.2) is 0 Å². The van der Waals surface area contributed by atoms with Crippen molar-refractivity contribution in [3.8, 4) is 0 Å². The van der Waals surface area contributed by atoms with Crippen LogP contribution in [-0.4, -0.2) is 28.1 Å². The predicted molar refractivity (Wildman–Crippen MR) is 83.2 cm³/mol. The molecule has 2 N–H and O–H groups in total. The molecule has 1 aromatic rings. The molecule has 6 nitrogen and oxygen atoms in total. The van der Waals surface area contributed by atoms with Crippen LogP contribution in [0.15, 0.2) is 12.2 Å². The van der Waals surface area contributed by atoms with Gasteiger partial charge in [0.25, 0.3) is 0 Å². The Balaban J connectivity index is 1.54. The predicted octanol–water partition coefficient (Wildman–Crippen LogP) is 1.30. The van der Waals surface area contributed by atoms with Gasteiger partial charge < -0.3 is 10.6 Å². The van der Waals surface area contributed by atoms with Crippen molar-refractivity contribution in [3.63, 3.8) is 0 Å². The minimum atomic E-state index is -0.627. The van der Waals surface area contributed by atoms with Crippen molar-refractivity contribution < 1.29 is 9.59 Å². The Kier molecular flexibility index (Phi) is 3.76. The fraction of sp³-hybridized carbons (Fsp3) is 0.562. The Morgan fingerprint density at radius 2 is 2.05 bits per heavy atom. The zero-order chi connectivity index (χ0) is 15.9. The first-order valence-corrected chi connectivity index (χ1v) is 7.73. The third kappa shape index (κ3) is 2.65. The molecule has 3 rings (SSSR count). The largest absolute Gasteiger partial charge is 0.348 e. The molecule has 6 heteroatoms. The van der Waals surface area contributed by atoms with E-state index in [0.29, 0.717) is 35.7 Å². The summed E-state index contributed by atoms with van der Waals surface area (Å²) in [6.45, 7) is 4.24. The monoisotopic (exact) mass is 302 g/mol. The lowest BCUT2D eigenvalue weighted by Gasteiger charge is -2.18. The van der Waals surface area contributed by atoms with Crippen LogP contribution in [0.4, 0.5) is 5.69 Å². The second-order valence-corrected chi connectivity index (χ2v) is 6.37. The fourth-order valence-electron chi connectivity index (χ4n) is 3.56. The Morgan fingerprint density at radius 1 is 1.27 bits per heavy atom. The van der Waals surface area contributed by atoms with Gasteiger partial charge in [0.05, 0.1) is 17.1 Å². The van der Waals surface area contributed by atoms with Crippen molar-refractivity contribution in [2.24, 2.45) is 24.8 Å². The Bertz CT molecular complexity index is 647. The number of aromatic nitrogens is 2. The van der Waals surface area contributed by atoms with E-state index in [0.717, 1.165) is 12.1 Å². The molecular formula is C16H22N4O2. The summed E-state index contributed by atoms with van der Waals surface area (Å²) >= 11 is 0. The summed E-state index contributed by atoms with van der Waals surface area (Å²) in [5, 5.41) is 9.64. The van der Waals surface area contributed by atoms with E-state index in [9.17, 15) is 9.59 Å². The number of fused-ring (bicyclic) bond motifs is 2. The molecule has 0 aromatic carbocycles. The lowest BCUT2D eigenvalue weighted by molar-refractivity contribution is -0.136. The molecule has 1 saturated carbocycles. The number of carbonyl (C=O) groups is 2. The molecule has 0 spiro atoms. The zero-order valence-electron chi connectivity index (χ0n) is 13.2. The Labute approximate surface area is 130 Å². The van der Waals surface area contributed by atoms with E-state index in [1.807, 2.05) is 13.8 Å². The third-order valence-electron chi connectivity index (χ3n) is 4.89. The Morgan fingerprint density at radius 3 is 2.59 bits per heavy atom. The molecule has 3 atom stereocenters. The number of amides is 2. The number of carbonyl (C=O) groups excluding carboxylic acids is 2. The molecule has 1 fully saturated rings. The normalized spacial score (nSPS) is 25.5. The molecule has 118 valence electrons. The van der Waals surface area contributed by atoms with Crippen molar-refractivity contribution >= 4 is 17.5 Å². The van der Waals surface area contributed by atoms with Gasteiger partial charge in [0, 0.05) is 13.6 Å². The van der Waals surface area contributed by atoms with Crippen LogP contribution < -0.4 is 10.6 Å². The van der Waals surface area contributed by atoms with Gasteiger partial charge in [-0.15, -0.1) is 0 Å². The molecule has 2 aliphatic carbocycles. The number of hydrogen-bond acceptors (Lipinski definition) is 3. The quantitative estimate of drug-likeness (QED) is 0.653. The molecular weight excluding hydrogens is 280 g/mol. The molecule has 0 saturated heterocycles. The van der Waals surface area contributed by atoms with E-state index >= 15 is 0 Å². The van der Waals surface area contributed by atoms with Crippen LogP contribution in [0, 0.1) is 31.6 Å². The summed E-state index contributed by atoms with van der Waals surface area (Å²) in [4.78, 5) is 24.0. The lowest BCUT2D eigenvalue weighted by atomic mass is 9.94. The average molecular weight is 302 g/mol. The zero-order valence-corrected chi connectivity index (χ0v) is 13.2. The topological polar surface area (TPSA) is 76.0 Å². The molecule has 22 heavy (non-hydrogen) atoms. The van der Waals surface area contributed by atoms with Crippen molar-refractivity contribution in [2.45, 2.75) is 26.7 Å². The maximum Gasteiger partial charge on any atom is 0.313 e. The van der Waals surface area contributed by atoms with Crippen molar-refractivity contribution in [3.05, 3.63) is 23.5 Å². The lowest BCUT2D eigenvalue weighted by Crippen LogP contribution is -2.39. The smallest absolute Gasteiger partial charge is 0.313 e. The van der Waals surface area contributed by atoms with E-state index in [1.165, 1.54) is 6.42 Å². The van der Waals surface area contributed by atoms with Crippen LogP contribution >= 0.6 is 0 Å². The number of allylic oxidation sites excluding steroid dienone is 2. The van der Waals surface area contributed by atoms with Gasteiger partial charge in [0.1, 0.15) is 0 Å². The van der Waals surface area contributed by atoms with Gasteiger partial charge >= 0.3 is 11.8 Å². The third-order valence-corrected chi connectivity index (χ3v) is 4.89. The standard InChI is InChI=1S/C16H22N4O2/c1-9-14(10(2)20(3)19-9)18-16(22)15(21)17-8-13-7-11-4-5-12(13)6-11/h4-5,11-13H,6-8H2,1-3H3,(H,17,21)(H,18,22)/t11-,12+,13+/m1/s1. The van der Waals surface area contributed by atoms with E-state index in [-0.39, 0.29) is 0 Å². The summed E-state index contributed by atoms with van der Waals surface area (Å²) in [6.07, 6.45) is 6.82. The number of nitrogens with one attached hydrogen (secondary N) is 2. The van der Waals surface area contributed by atoms with Gasteiger partial charge in [0.2, 0.25) is 0 Å². The number of anilines is 1. The minimum absolute atomic E-state index is 0.466. The SMILES string of the molecule is Cc1nn(C)c(C)c1NC(=O)C(=O)NC[C@@H]1C[C@@H]2C=C[C@H]1C2. The molecule has 0 aliphatic heterocycles. The first kappa shape index (κ1) is 14.8. The van der Waals surface area contributed by atoms with Crippen molar-refractivity contribution in [1.82, 2.24) is 15.1 Å². The van der Waals surface area contributed by atoms with Gasteiger partial charge in [-0.05, 0) is 44.4 Å². The maximum atomic E-state index is 12.0. The molecule has 1 aromatic heterocycles. The molecule has 2 amide bonds. The summed E-state index contributed by atoms with van der Waals surface area (Å²) in [7, 11) is 1.81. The van der Waals surface area contributed by atoms with Crippen LogP contribution in [0.2, 0.25) is 0 Å². The van der Waals surface area contributed by atoms with Crippen LogP contribution in [0.25, 0.3) is 0 Å². The average Bonchev–Trinajstić information content (AvgIpc) is 3.16. The molecule has 1 heterocycles. The summed E-state index contributed by atoms with van der Waals surface area (Å²) in [5.41, 5.74) is 2.15. The number of rotatable bonds is 3. The fourth-order valence-corrected chi connectivity index (χ4v) is 3.56. The maximum absolute atomic E-state index is 12.0. The number of nitrogens with zero attached hydrogens (tertiary/aromatic N) is 2. The number of hydrogen-bond donors (Lipinski definition) is 2. The van der Waals surface area contributed by atoms with Crippen LogP contribution in [-0.2, 0) is 16.6 Å². The highest BCUT2D eigenvalue weighted by molar-refractivity contribution is 6.39. The minimum Gasteiger partial charge on any atom is -0.348 e. The van der Waals surface area contributed by atoms with Crippen LogP contribution in [0.1, 0.15) is 24.2 Å². The molecule has 2 aliphatic rings. The summed E-state index contributed by atoms with van der Waals surface area (Å²) in [5.74, 6) is 0.499. The highest BCUT2D eigenvalue weighted by Crippen LogP contribution is 2.42. The highest BCUT2D eigenvalue weighted by Gasteiger charge is 2.35. The van der Waals surface area contributed by atoms with Crippen LogP contribution in [0.3, 0.4) is 0 Å². The number of aryl methyl sites for hydroxylation is 2. The Hall–Kier alpha value is -2.11. The summed E-state index contributed by atoms with van der Waals surface area (Å²) in [6, 6.07) is 0. The van der Waals surface area contributed by atoms with Gasteiger partial charge in [-0.1, -0.05) is 12.2 Å². The second kappa shape index (κ2) is 5.59. The molecule has 0 radical (unpaired) electrons. The first-order chi connectivity index (χ1) is 10.5. The van der Waals surface area contributed by atoms with Crippen molar-refractivity contribution in [2.75, 3.05) is 11.9 Å². The second-order valence-electron chi connectivity index (χ2n) is 6.37. The van der Waals surface area contributed by atoms with E-state index in [2.05, 4.69) is 27.9 Å².